The number of hydrogen-bond donors (Lipinski definition) is 3. The standard InChI is InChI=1S/C33H33N3O4/c1-22-11-16-30(32(17-22)36(39)40)26-12-14-27(15-13-26)33(38)35-31(20-24-7-4-3-5-8-24)29(21-37)19-25-9-6-10-28(18-25)23(2)34/h3-18,29,31,37H,2,19-21,34H2,1H3,(H,35,38). The second kappa shape index (κ2) is 12.9. The fourth-order valence-electron chi connectivity index (χ4n) is 4.83. The number of carbonyl (C=O) groups excluding carboxylic acids is 1. The largest absolute Gasteiger partial charge is 0.399 e. The average Bonchev–Trinajstić information content (AvgIpc) is 2.96. The smallest absolute Gasteiger partial charge is 0.277 e. The summed E-state index contributed by atoms with van der Waals surface area (Å²) < 4.78 is 0. The summed E-state index contributed by atoms with van der Waals surface area (Å²) in [5, 5.41) is 25.1. The van der Waals surface area contributed by atoms with Gasteiger partial charge in [-0.05, 0) is 71.8 Å². The minimum absolute atomic E-state index is 0.0215. The van der Waals surface area contributed by atoms with E-state index in [9.17, 15) is 20.0 Å². The van der Waals surface area contributed by atoms with E-state index in [4.69, 9.17) is 5.73 Å². The van der Waals surface area contributed by atoms with Crippen molar-refractivity contribution in [2.75, 3.05) is 6.61 Å². The molecule has 0 spiro atoms. The molecule has 0 saturated carbocycles. The Bertz CT molecular complexity index is 1500. The molecule has 2 unspecified atom stereocenters. The van der Waals surface area contributed by atoms with Crippen LogP contribution in [0.15, 0.2) is 104 Å². The van der Waals surface area contributed by atoms with Crippen molar-refractivity contribution < 1.29 is 14.8 Å². The number of aliphatic hydroxyl groups excluding tert-OH is 1. The normalized spacial score (nSPS) is 12.3. The molecule has 0 radical (unpaired) electrons. The van der Waals surface area contributed by atoms with Crippen LogP contribution in [0.3, 0.4) is 0 Å². The summed E-state index contributed by atoms with van der Waals surface area (Å²) in [7, 11) is 0. The number of aliphatic hydroxyl groups is 1. The number of carbonyl (C=O) groups is 1. The van der Waals surface area contributed by atoms with Crippen LogP contribution in [-0.2, 0) is 12.8 Å². The van der Waals surface area contributed by atoms with Crippen molar-refractivity contribution in [1.82, 2.24) is 5.32 Å². The maximum Gasteiger partial charge on any atom is 0.277 e. The second-order valence-electron chi connectivity index (χ2n) is 10.00. The molecule has 0 heterocycles. The number of nitro groups is 1. The molecule has 4 rings (SSSR count). The third-order valence-corrected chi connectivity index (χ3v) is 7.02. The first-order chi connectivity index (χ1) is 19.2. The Kier molecular flexibility index (Phi) is 9.09. The molecule has 4 aromatic rings. The van der Waals surface area contributed by atoms with Crippen LogP contribution >= 0.6 is 0 Å². The zero-order chi connectivity index (χ0) is 28.6. The maximum absolute atomic E-state index is 13.4. The van der Waals surface area contributed by atoms with Gasteiger partial charge in [-0.15, -0.1) is 0 Å². The van der Waals surface area contributed by atoms with Crippen molar-refractivity contribution in [3.8, 4) is 11.1 Å². The van der Waals surface area contributed by atoms with Crippen molar-refractivity contribution in [1.29, 1.82) is 0 Å². The Morgan fingerprint density at radius 2 is 1.62 bits per heavy atom. The SMILES string of the molecule is C=C(N)c1cccc(CC(CO)C(Cc2ccccc2)NC(=O)c2ccc(-c3ccc(C)cc3[N+](=O)[O-])cc2)c1. The van der Waals surface area contributed by atoms with Gasteiger partial charge in [0.1, 0.15) is 0 Å². The van der Waals surface area contributed by atoms with Gasteiger partial charge in [-0.1, -0.05) is 73.3 Å². The van der Waals surface area contributed by atoms with Gasteiger partial charge in [-0.25, -0.2) is 0 Å². The van der Waals surface area contributed by atoms with Crippen LogP contribution in [0.4, 0.5) is 5.69 Å². The first-order valence-corrected chi connectivity index (χ1v) is 13.1. The summed E-state index contributed by atoms with van der Waals surface area (Å²) in [6.07, 6.45) is 1.07. The van der Waals surface area contributed by atoms with Crippen molar-refractivity contribution in [2.45, 2.75) is 25.8 Å². The van der Waals surface area contributed by atoms with E-state index in [2.05, 4.69) is 11.9 Å². The van der Waals surface area contributed by atoms with Gasteiger partial charge in [0.05, 0.1) is 10.5 Å². The molecule has 7 nitrogen and oxygen atoms in total. The third kappa shape index (κ3) is 7.01. The highest BCUT2D eigenvalue weighted by molar-refractivity contribution is 5.95. The minimum atomic E-state index is -0.398. The Morgan fingerprint density at radius 3 is 2.27 bits per heavy atom. The fraction of sp³-hybridized carbons (Fsp3) is 0.182. The van der Waals surface area contributed by atoms with Gasteiger partial charge in [0.25, 0.3) is 11.6 Å². The lowest BCUT2D eigenvalue weighted by Crippen LogP contribution is -2.44. The van der Waals surface area contributed by atoms with Gasteiger partial charge >= 0.3 is 0 Å². The van der Waals surface area contributed by atoms with Crippen LogP contribution in [0.5, 0.6) is 0 Å². The van der Waals surface area contributed by atoms with E-state index in [1.165, 1.54) is 6.07 Å². The second-order valence-corrected chi connectivity index (χ2v) is 10.00. The lowest BCUT2D eigenvalue weighted by atomic mass is 9.88. The van der Waals surface area contributed by atoms with Gasteiger partial charge in [0, 0.05) is 35.9 Å². The molecule has 0 aliphatic carbocycles. The first-order valence-electron chi connectivity index (χ1n) is 13.1. The summed E-state index contributed by atoms with van der Waals surface area (Å²) in [5.74, 6) is -0.548. The van der Waals surface area contributed by atoms with Crippen molar-refractivity contribution in [2.24, 2.45) is 11.7 Å². The van der Waals surface area contributed by atoms with Crippen LogP contribution in [0.1, 0.15) is 32.6 Å². The van der Waals surface area contributed by atoms with E-state index in [1.807, 2.05) is 60.7 Å². The van der Waals surface area contributed by atoms with Crippen molar-refractivity contribution >= 4 is 17.3 Å². The molecule has 4 aromatic carbocycles. The lowest BCUT2D eigenvalue weighted by molar-refractivity contribution is -0.384. The van der Waals surface area contributed by atoms with Gasteiger partial charge in [0.2, 0.25) is 0 Å². The molecule has 40 heavy (non-hydrogen) atoms. The van der Waals surface area contributed by atoms with E-state index in [-0.39, 0.29) is 30.2 Å². The van der Waals surface area contributed by atoms with E-state index < -0.39 is 4.92 Å². The molecular weight excluding hydrogens is 502 g/mol. The Balaban J connectivity index is 1.57. The number of aryl methyl sites for hydroxylation is 1. The first kappa shape index (κ1) is 28.3. The van der Waals surface area contributed by atoms with Crippen LogP contribution in [0, 0.1) is 23.0 Å². The van der Waals surface area contributed by atoms with E-state index in [0.717, 1.165) is 22.3 Å². The van der Waals surface area contributed by atoms with Crippen LogP contribution in [0.25, 0.3) is 16.8 Å². The highest BCUT2D eigenvalue weighted by atomic mass is 16.6. The topological polar surface area (TPSA) is 118 Å². The lowest BCUT2D eigenvalue weighted by Gasteiger charge is -2.27. The number of nitrogens with one attached hydrogen (secondary N) is 1. The molecule has 0 bridgehead atoms. The number of hydrogen-bond acceptors (Lipinski definition) is 5. The number of benzene rings is 4. The zero-order valence-electron chi connectivity index (χ0n) is 22.4. The number of nitrogens with zero attached hydrogens (tertiary/aromatic N) is 1. The quantitative estimate of drug-likeness (QED) is 0.168. The van der Waals surface area contributed by atoms with Gasteiger partial charge in [-0.2, -0.15) is 0 Å². The Morgan fingerprint density at radius 1 is 0.925 bits per heavy atom. The number of amides is 1. The predicted octanol–water partition coefficient (Wildman–Crippen LogP) is 5.69. The Labute approximate surface area is 234 Å². The summed E-state index contributed by atoms with van der Waals surface area (Å²) in [6, 6.07) is 29.0. The van der Waals surface area contributed by atoms with E-state index in [0.29, 0.717) is 35.2 Å². The van der Waals surface area contributed by atoms with Crippen LogP contribution < -0.4 is 11.1 Å². The molecule has 2 atom stereocenters. The summed E-state index contributed by atoms with van der Waals surface area (Å²) in [5.41, 5.74) is 11.6. The molecule has 0 aliphatic rings. The van der Waals surface area contributed by atoms with E-state index in [1.54, 1.807) is 37.3 Å². The van der Waals surface area contributed by atoms with Crippen LogP contribution in [-0.4, -0.2) is 28.6 Å². The van der Waals surface area contributed by atoms with Gasteiger partial charge in [0.15, 0.2) is 0 Å². The maximum atomic E-state index is 13.4. The molecule has 204 valence electrons. The molecule has 0 saturated heterocycles. The fourth-order valence-corrected chi connectivity index (χ4v) is 4.83. The van der Waals surface area contributed by atoms with Crippen LogP contribution in [0.2, 0.25) is 0 Å². The zero-order valence-corrected chi connectivity index (χ0v) is 22.4. The van der Waals surface area contributed by atoms with Crippen molar-refractivity contribution in [3.63, 3.8) is 0 Å². The molecular formula is C33H33N3O4. The highest BCUT2D eigenvalue weighted by Gasteiger charge is 2.25. The molecule has 4 N–H and O–H groups in total. The molecule has 0 fully saturated rings. The summed E-state index contributed by atoms with van der Waals surface area (Å²) in [6.45, 7) is 5.49. The van der Waals surface area contributed by atoms with Gasteiger partial charge < -0.3 is 16.2 Å². The number of rotatable bonds is 11. The van der Waals surface area contributed by atoms with E-state index >= 15 is 0 Å². The molecule has 1 amide bonds. The number of nitrogens with two attached hydrogens (primary N) is 1. The monoisotopic (exact) mass is 535 g/mol. The summed E-state index contributed by atoms with van der Waals surface area (Å²) >= 11 is 0. The van der Waals surface area contributed by atoms with Crippen molar-refractivity contribution in [3.05, 3.63) is 142 Å². The third-order valence-electron chi connectivity index (χ3n) is 7.02. The molecule has 7 heteroatoms. The Hall–Kier alpha value is -4.75. The molecule has 0 aromatic heterocycles. The minimum Gasteiger partial charge on any atom is -0.399 e. The molecule has 0 aliphatic heterocycles. The highest BCUT2D eigenvalue weighted by Crippen LogP contribution is 2.31. The summed E-state index contributed by atoms with van der Waals surface area (Å²) in [4.78, 5) is 24.6. The number of nitro benzene ring substituents is 1. The predicted molar refractivity (Wildman–Crippen MR) is 159 cm³/mol. The van der Waals surface area contributed by atoms with Gasteiger partial charge in [-0.3, -0.25) is 14.9 Å². The average molecular weight is 536 g/mol.